The minimum Gasteiger partial charge on any atom is -0.334 e. The van der Waals surface area contributed by atoms with E-state index in [1.165, 1.54) is 6.33 Å². The molecule has 128 valence electrons. The average Bonchev–Trinajstić information content (AvgIpc) is 3.36. The van der Waals surface area contributed by atoms with E-state index in [0.29, 0.717) is 5.56 Å². The summed E-state index contributed by atoms with van der Waals surface area (Å²) in [6.45, 7) is 1.51. The molecule has 2 aromatic heterocycles. The molecule has 0 radical (unpaired) electrons. The predicted octanol–water partition coefficient (Wildman–Crippen LogP) is 1.55. The van der Waals surface area contributed by atoms with E-state index in [-0.39, 0.29) is 11.9 Å². The van der Waals surface area contributed by atoms with E-state index in [9.17, 15) is 4.79 Å². The number of tetrazole rings is 1. The van der Waals surface area contributed by atoms with E-state index in [2.05, 4.69) is 20.6 Å². The van der Waals surface area contributed by atoms with Gasteiger partial charge in [0, 0.05) is 24.5 Å². The molecule has 0 saturated carbocycles. The highest BCUT2D eigenvalue weighted by atomic mass is 16.2. The van der Waals surface area contributed by atoms with Gasteiger partial charge in [0.15, 0.2) is 0 Å². The summed E-state index contributed by atoms with van der Waals surface area (Å²) in [5, 5.41) is 15.4. The average molecular weight is 337 g/mol. The van der Waals surface area contributed by atoms with Gasteiger partial charge in [0.25, 0.3) is 5.91 Å². The van der Waals surface area contributed by atoms with E-state index in [1.807, 2.05) is 46.1 Å². The van der Waals surface area contributed by atoms with Gasteiger partial charge in [-0.3, -0.25) is 9.48 Å². The van der Waals surface area contributed by atoms with Crippen LogP contribution in [0.3, 0.4) is 0 Å². The highest BCUT2D eigenvalue weighted by Gasteiger charge is 2.28. The van der Waals surface area contributed by atoms with Crippen LogP contribution in [0.15, 0.2) is 49.1 Å². The van der Waals surface area contributed by atoms with Crippen molar-refractivity contribution in [3.63, 3.8) is 0 Å². The first-order chi connectivity index (χ1) is 12.3. The third-order valence-electron chi connectivity index (χ3n) is 4.55. The van der Waals surface area contributed by atoms with Crippen LogP contribution in [-0.4, -0.2) is 53.4 Å². The van der Waals surface area contributed by atoms with Crippen molar-refractivity contribution < 1.29 is 4.79 Å². The minimum absolute atomic E-state index is 0.0479. The molecule has 25 heavy (non-hydrogen) atoms. The van der Waals surface area contributed by atoms with E-state index in [0.717, 1.165) is 38.0 Å². The predicted molar refractivity (Wildman–Crippen MR) is 90.1 cm³/mol. The lowest BCUT2D eigenvalue weighted by Crippen LogP contribution is -2.45. The highest BCUT2D eigenvalue weighted by Crippen LogP contribution is 2.22. The van der Waals surface area contributed by atoms with Gasteiger partial charge in [-0.2, -0.15) is 5.10 Å². The Bertz CT molecular complexity index is 829. The fourth-order valence-electron chi connectivity index (χ4n) is 3.31. The molecule has 1 aliphatic heterocycles. The first-order valence-electron chi connectivity index (χ1n) is 8.43. The smallest absolute Gasteiger partial charge is 0.254 e. The summed E-state index contributed by atoms with van der Waals surface area (Å²) in [5.41, 5.74) is 1.43. The van der Waals surface area contributed by atoms with E-state index in [4.69, 9.17) is 0 Å². The van der Waals surface area contributed by atoms with Crippen LogP contribution in [0, 0.1) is 0 Å². The van der Waals surface area contributed by atoms with Crippen molar-refractivity contribution in [3.05, 3.63) is 54.6 Å². The Morgan fingerprint density at radius 1 is 1.24 bits per heavy atom. The van der Waals surface area contributed by atoms with Crippen LogP contribution in [-0.2, 0) is 6.54 Å². The quantitative estimate of drug-likeness (QED) is 0.721. The van der Waals surface area contributed by atoms with Crippen LogP contribution in [0.25, 0.3) is 5.69 Å². The molecule has 1 fully saturated rings. The molecule has 0 bridgehead atoms. The summed E-state index contributed by atoms with van der Waals surface area (Å²) in [6.07, 6.45) is 8.40. The van der Waals surface area contributed by atoms with Crippen molar-refractivity contribution in [2.45, 2.75) is 31.8 Å². The van der Waals surface area contributed by atoms with Crippen molar-refractivity contribution in [3.8, 4) is 5.69 Å². The Morgan fingerprint density at radius 3 is 3.00 bits per heavy atom. The molecule has 3 heterocycles. The SMILES string of the molecule is O=C(c1cccc(-n2cnnn2)c1)N1CCCCC1Cn1cccn1. The second kappa shape index (κ2) is 6.84. The molecule has 0 spiro atoms. The second-order valence-corrected chi connectivity index (χ2v) is 6.18. The molecule has 1 saturated heterocycles. The van der Waals surface area contributed by atoms with Gasteiger partial charge in [0.05, 0.1) is 18.3 Å². The molecule has 0 N–H and O–H groups in total. The maximum Gasteiger partial charge on any atom is 0.254 e. The number of likely N-dealkylation sites (tertiary alicyclic amines) is 1. The second-order valence-electron chi connectivity index (χ2n) is 6.18. The van der Waals surface area contributed by atoms with E-state index >= 15 is 0 Å². The number of benzene rings is 1. The lowest BCUT2D eigenvalue weighted by Gasteiger charge is -2.35. The number of nitrogens with zero attached hydrogens (tertiary/aromatic N) is 7. The van der Waals surface area contributed by atoms with Crippen molar-refractivity contribution in [2.75, 3.05) is 6.54 Å². The third kappa shape index (κ3) is 3.28. The number of aromatic nitrogens is 6. The normalized spacial score (nSPS) is 17.6. The van der Waals surface area contributed by atoms with Crippen molar-refractivity contribution in [1.82, 2.24) is 34.9 Å². The molecule has 1 unspecified atom stereocenters. The van der Waals surface area contributed by atoms with Gasteiger partial charge >= 0.3 is 0 Å². The van der Waals surface area contributed by atoms with Crippen molar-refractivity contribution in [1.29, 1.82) is 0 Å². The lowest BCUT2D eigenvalue weighted by molar-refractivity contribution is 0.0584. The zero-order valence-corrected chi connectivity index (χ0v) is 13.8. The number of rotatable bonds is 4. The van der Waals surface area contributed by atoms with Crippen LogP contribution in [0.5, 0.6) is 0 Å². The lowest BCUT2D eigenvalue weighted by atomic mass is 10.0. The molecule has 8 nitrogen and oxygen atoms in total. The molecule has 1 atom stereocenters. The van der Waals surface area contributed by atoms with E-state index in [1.54, 1.807) is 10.9 Å². The summed E-state index contributed by atoms with van der Waals surface area (Å²) < 4.78 is 3.45. The van der Waals surface area contributed by atoms with Gasteiger partial charge < -0.3 is 4.90 Å². The number of hydrogen-bond acceptors (Lipinski definition) is 5. The van der Waals surface area contributed by atoms with Crippen molar-refractivity contribution in [2.24, 2.45) is 0 Å². The third-order valence-corrected chi connectivity index (χ3v) is 4.55. The zero-order valence-electron chi connectivity index (χ0n) is 13.8. The molecule has 8 heteroatoms. The molecule has 4 rings (SSSR count). The summed E-state index contributed by atoms with van der Waals surface area (Å²) >= 11 is 0. The molecule has 3 aromatic rings. The van der Waals surface area contributed by atoms with Gasteiger partial charge in [-0.1, -0.05) is 6.07 Å². The first-order valence-corrected chi connectivity index (χ1v) is 8.43. The Balaban J connectivity index is 1.57. The summed E-state index contributed by atoms with van der Waals surface area (Å²) in [4.78, 5) is 15.1. The Hall–Kier alpha value is -3.03. The number of hydrogen-bond donors (Lipinski definition) is 0. The zero-order chi connectivity index (χ0) is 17.1. The summed E-state index contributed by atoms with van der Waals surface area (Å²) in [6, 6.07) is 9.48. The minimum atomic E-state index is 0.0479. The molecular weight excluding hydrogens is 318 g/mol. The van der Waals surface area contributed by atoms with Gasteiger partial charge in [0.2, 0.25) is 0 Å². The molecular formula is C17H19N7O. The topological polar surface area (TPSA) is 81.7 Å². The number of piperidine rings is 1. The molecule has 1 aromatic carbocycles. The van der Waals surface area contributed by atoms with Gasteiger partial charge in [-0.15, -0.1) is 5.10 Å². The highest BCUT2D eigenvalue weighted by molar-refractivity contribution is 5.95. The monoisotopic (exact) mass is 337 g/mol. The Morgan fingerprint density at radius 2 is 2.20 bits per heavy atom. The van der Waals surface area contributed by atoms with Crippen LogP contribution in [0.1, 0.15) is 29.6 Å². The maximum absolute atomic E-state index is 13.1. The van der Waals surface area contributed by atoms with Crippen LogP contribution in [0.2, 0.25) is 0 Å². The Kier molecular flexibility index (Phi) is 4.24. The van der Waals surface area contributed by atoms with Gasteiger partial charge in [0.1, 0.15) is 6.33 Å². The Labute approximate surface area is 145 Å². The summed E-state index contributed by atoms with van der Waals surface area (Å²) in [5.74, 6) is 0.0479. The van der Waals surface area contributed by atoms with Gasteiger partial charge in [-0.05, 0) is 54.0 Å². The van der Waals surface area contributed by atoms with Gasteiger partial charge in [-0.25, -0.2) is 4.68 Å². The number of carbonyl (C=O) groups excluding carboxylic acids is 1. The fourth-order valence-corrected chi connectivity index (χ4v) is 3.31. The number of carbonyl (C=O) groups is 1. The van der Waals surface area contributed by atoms with Crippen LogP contribution >= 0.6 is 0 Å². The molecule has 1 aliphatic rings. The molecule has 0 aliphatic carbocycles. The largest absolute Gasteiger partial charge is 0.334 e. The van der Waals surface area contributed by atoms with Crippen LogP contribution < -0.4 is 0 Å². The van der Waals surface area contributed by atoms with E-state index < -0.39 is 0 Å². The fraction of sp³-hybridized carbons (Fsp3) is 0.353. The van der Waals surface area contributed by atoms with Crippen molar-refractivity contribution >= 4 is 5.91 Å². The first kappa shape index (κ1) is 15.5. The maximum atomic E-state index is 13.1. The number of amides is 1. The standard InChI is InChI=1S/C17H19N7O/c25-17(14-5-3-7-15(11-14)24-13-18-20-21-24)23-10-2-1-6-16(23)12-22-9-4-8-19-22/h3-5,7-9,11,13,16H,1-2,6,10,12H2. The molecule has 1 amide bonds. The summed E-state index contributed by atoms with van der Waals surface area (Å²) in [7, 11) is 0. The van der Waals surface area contributed by atoms with Crippen LogP contribution in [0.4, 0.5) is 0 Å².